The summed E-state index contributed by atoms with van der Waals surface area (Å²) in [5.74, 6) is 1.17. The maximum atomic E-state index is 16.6. The molecule has 312 valence electrons. The zero-order valence-electron chi connectivity index (χ0n) is 36.0. The first-order valence-corrected chi connectivity index (χ1v) is 25.2. The number of nitrogens with zero attached hydrogens (tertiary/aromatic N) is 2. The summed E-state index contributed by atoms with van der Waals surface area (Å²) in [6.07, 6.45) is 0. The number of aryl methyl sites for hydroxylation is 2. The van der Waals surface area contributed by atoms with Crippen molar-refractivity contribution in [3.63, 3.8) is 0 Å². The van der Waals surface area contributed by atoms with E-state index >= 15 is 4.57 Å². The van der Waals surface area contributed by atoms with E-state index in [0.29, 0.717) is 0 Å². The van der Waals surface area contributed by atoms with Crippen molar-refractivity contribution in [1.29, 1.82) is 0 Å². The summed E-state index contributed by atoms with van der Waals surface area (Å²) in [7, 11) is -3.36. The lowest BCUT2D eigenvalue weighted by molar-refractivity contribution is 0.592. The molecule has 0 atom stereocenters. The van der Waals surface area contributed by atoms with Crippen molar-refractivity contribution in [2.24, 2.45) is 0 Å². The van der Waals surface area contributed by atoms with Crippen LogP contribution in [0.25, 0.3) is 20.9 Å². The minimum atomic E-state index is -3.36. The molecular weight excluding hydrogens is 848 g/mol. The molecule has 0 bridgehead atoms. The van der Waals surface area contributed by atoms with Gasteiger partial charge in [-0.3, -0.25) is 4.57 Å². The van der Waals surface area contributed by atoms with Crippen LogP contribution in [0.1, 0.15) is 26.4 Å². The van der Waals surface area contributed by atoms with Crippen LogP contribution in [-0.4, -0.2) is 0 Å². The van der Waals surface area contributed by atoms with Gasteiger partial charge in [-0.1, -0.05) is 115 Å². The SMILES string of the molecule is Cc1cccc(C)c1[C+]1c2sc(-c3ccc(N(c4ccccc4)c4ccccc4)cc3)cc2P(=O)(c2ccccc2)c2cc(-c3ccc(N(c4ccccc4)c4ccccc4)cc3)sc21. The van der Waals surface area contributed by atoms with E-state index in [0.717, 1.165) is 80.7 Å². The molecule has 0 unspecified atom stereocenters. The molecule has 0 spiro atoms. The Balaban J connectivity index is 1.04. The predicted molar refractivity (Wildman–Crippen MR) is 278 cm³/mol. The van der Waals surface area contributed by atoms with Crippen molar-refractivity contribution in [1.82, 2.24) is 0 Å². The Morgan fingerprint density at radius 3 is 1.06 bits per heavy atom. The van der Waals surface area contributed by atoms with Crippen molar-refractivity contribution in [2.75, 3.05) is 9.80 Å². The maximum Gasteiger partial charge on any atom is 0.232 e. The highest BCUT2D eigenvalue weighted by Crippen LogP contribution is 2.58. The van der Waals surface area contributed by atoms with E-state index in [1.54, 1.807) is 22.7 Å². The molecule has 0 amide bonds. The molecule has 0 saturated carbocycles. The molecule has 0 aliphatic carbocycles. The van der Waals surface area contributed by atoms with Gasteiger partial charge in [-0.15, -0.1) is 22.7 Å². The number of hydrogen-bond donors (Lipinski definition) is 0. The van der Waals surface area contributed by atoms with Crippen molar-refractivity contribution >= 4 is 79.9 Å². The third kappa shape index (κ3) is 7.32. The van der Waals surface area contributed by atoms with E-state index in [1.807, 2.05) is 18.2 Å². The first-order valence-electron chi connectivity index (χ1n) is 21.9. The van der Waals surface area contributed by atoms with E-state index in [2.05, 4.69) is 236 Å². The second-order valence-electron chi connectivity index (χ2n) is 16.3. The Morgan fingerprint density at radius 1 is 0.385 bits per heavy atom. The quantitative estimate of drug-likeness (QED) is 0.101. The van der Waals surface area contributed by atoms with Gasteiger partial charge in [0.25, 0.3) is 0 Å². The number of thiophene rings is 2. The van der Waals surface area contributed by atoms with Crippen molar-refractivity contribution in [3.8, 4) is 20.9 Å². The van der Waals surface area contributed by atoms with Crippen LogP contribution in [0.2, 0.25) is 0 Å². The highest BCUT2D eigenvalue weighted by molar-refractivity contribution is 7.86. The van der Waals surface area contributed by atoms with Crippen LogP contribution >= 0.6 is 29.8 Å². The number of rotatable bonds is 10. The average molecular weight is 892 g/mol. The fraction of sp³-hybridized carbons (Fsp3) is 0.0339. The summed E-state index contributed by atoms with van der Waals surface area (Å²) in [5.41, 5.74) is 12.3. The lowest BCUT2D eigenvalue weighted by Gasteiger charge is -2.25. The van der Waals surface area contributed by atoms with Gasteiger partial charge >= 0.3 is 0 Å². The van der Waals surface area contributed by atoms with Gasteiger partial charge in [0.1, 0.15) is 9.75 Å². The Bertz CT molecular complexity index is 3020. The lowest BCUT2D eigenvalue weighted by Crippen LogP contribution is -2.34. The zero-order valence-corrected chi connectivity index (χ0v) is 38.5. The summed E-state index contributed by atoms with van der Waals surface area (Å²) in [5, 5.41) is 2.67. The normalized spacial score (nSPS) is 12.6. The van der Waals surface area contributed by atoms with Crippen LogP contribution in [0.4, 0.5) is 34.1 Å². The summed E-state index contributed by atoms with van der Waals surface area (Å²) in [4.78, 5) is 8.93. The van der Waals surface area contributed by atoms with Gasteiger partial charge in [-0.05, 0) is 128 Å². The van der Waals surface area contributed by atoms with E-state index in [1.165, 1.54) is 22.6 Å². The van der Waals surface area contributed by atoms with E-state index < -0.39 is 7.14 Å². The molecule has 65 heavy (non-hydrogen) atoms. The number of anilines is 6. The summed E-state index contributed by atoms with van der Waals surface area (Å²) >= 11 is 3.52. The number of hydrogen-bond acceptors (Lipinski definition) is 5. The molecule has 0 fully saturated rings. The second-order valence-corrected chi connectivity index (χ2v) is 21.1. The maximum absolute atomic E-state index is 16.6. The van der Waals surface area contributed by atoms with Crippen molar-refractivity contribution in [3.05, 3.63) is 263 Å². The average Bonchev–Trinajstić information content (AvgIpc) is 4.02. The molecule has 3 heterocycles. The third-order valence-corrected chi connectivity index (χ3v) is 18.1. The number of fused-ring (bicyclic) bond motifs is 2. The molecule has 0 saturated heterocycles. The Kier molecular flexibility index (Phi) is 10.7. The number of para-hydroxylation sites is 4. The Labute approximate surface area is 389 Å². The van der Waals surface area contributed by atoms with Crippen molar-refractivity contribution < 1.29 is 4.57 Å². The first-order chi connectivity index (χ1) is 32.0. The highest BCUT2D eigenvalue weighted by atomic mass is 32.1. The molecule has 0 radical (unpaired) electrons. The van der Waals surface area contributed by atoms with Gasteiger partial charge in [0.15, 0.2) is 0 Å². The minimum Gasteiger partial charge on any atom is -0.311 e. The molecule has 0 N–H and O–H groups in total. The summed E-state index contributed by atoms with van der Waals surface area (Å²) in [6.45, 7) is 4.41. The summed E-state index contributed by atoms with van der Waals surface area (Å²) in [6, 6.07) is 80.8. The van der Waals surface area contributed by atoms with E-state index in [4.69, 9.17) is 0 Å². The monoisotopic (exact) mass is 891 g/mol. The second kappa shape index (κ2) is 17.1. The lowest BCUT2D eigenvalue weighted by atomic mass is 9.88. The standard InChI is InChI=1S/C59H44N2OPS2/c1-41-19-18-20-42(2)56(41)57-58-52(39-54(64-58)43-31-35-49(36-32-43)60(45-21-8-3-9-22-45)46-23-10-4-11-24-46)63(62,51-29-16-7-17-30-51)53-40-55(65-59(53)57)44-33-37-50(38-34-44)61(47-25-12-5-13-26-47)48-27-14-6-15-28-48/h3-40H,1-2H3/q+1. The Morgan fingerprint density at radius 2 is 0.708 bits per heavy atom. The van der Waals surface area contributed by atoms with E-state index in [-0.39, 0.29) is 0 Å². The smallest absolute Gasteiger partial charge is 0.232 e. The van der Waals surface area contributed by atoms with Crippen LogP contribution in [0.3, 0.4) is 0 Å². The topological polar surface area (TPSA) is 23.6 Å². The van der Waals surface area contributed by atoms with Gasteiger partial charge in [-0.25, -0.2) is 0 Å². The first kappa shape index (κ1) is 40.6. The van der Waals surface area contributed by atoms with Crippen molar-refractivity contribution in [2.45, 2.75) is 13.8 Å². The van der Waals surface area contributed by atoms with E-state index in [9.17, 15) is 0 Å². The molecular formula is C59H44N2OPS2+. The molecule has 1 aliphatic heterocycles. The van der Waals surface area contributed by atoms with Gasteiger partial charge < -0.3 is 9.80 Å². The molecule has 10 aromatic rings. The van der Waals surface area contributed by atoms with Crippen LogP contribution in [0, 0.1) is 19.8 Å². The minimum absolute atomic E-state index is 0.852. The van der Waals surface area contributed by atoms with Gasteiger partial charge in [0.2, 0.25) is 7.14 Å². The molecule has 11 rings (SSSR count). The Hall–Kier alpha value is -7.14. The molecule has 1 aliphatic rings. The largest absolute Gasteiger partial charge is 0.311 e. The fourth-order valence-electron chi connectivity index (χ4n) is 9.21. The number of benzene rings is 8. The van der Waals surface area contributed by atoms with Gasteiger partial charge in [0.05, 0.1) is 22.1 Å². The fourth-order valence-corrected chi connectivity index (χ4v) is 15.6. The van der Waals surface area contributed by atoms with Gasteiger partial charge in [0, 0.05) is 72.4 Å². The third-order valence-electron chi connectivity index (χ3n) is 12.3. The van der Waals surface area contributed by atoms with Crippen LogP contribution in [0.15, 0.2) is 231 Å². The zero-order chi connectivity index (χ0) is 43.9. The predicted octanol–water partition coefficient (Wildman–Crippen LogP) is 15.7. The molecule has 3 nitrogen and oxygen atoms in total. The molecule has 6 heteroatoms. The van der Waals surface area contributed by atoms with Gasteiger partial charge in [-0.2, -0.15) is 0 Å². The highest BCUT2D eigenvalue weighted by Gasteiger charge is 2.51. The van der Waals surface area contributed by atoms with Crippen LogP contribution < -0.4 is 25.7 Å². The van der Waals surface area contributed by atoms with Crippen LogP contribution in [0.5, 0.6) is 0 Å². The van der Waals surface area contributed by atoms with Crippen LogP contribution in [-0.2, 0) is 4.57 Å². The molecule has 2 aromatic heterocycles. The molecule has 8 aromatic carbocycles. The summed E-state index contributed by atoms with van der Waals surface area (Å²) < 4.78 is 16.6.